The van der Waals surface area contributed by atoms with E-state index in [9.17, 15) is 9.59 Å². The molecule has 6 heteroatoms. The zero-order valence-electron chi connectivity index (χ0n) is 17.7. The van der Waals surface area contributed by atoms with Gasteiger partial charge in [-0.1, -0.05) is 36.4 Å². The maximum Gasteiger partial charge on any atom is 0.344 e. The summed E-state index contributed by atoms with van der Waals surface area (Å²) in [6, 6.07) is 21.8. The lowest BCUT2D eigenvalue weighted by Crippen LogP contribution is -2.26. The van der Waals surface area contributed by atoms with Crippen LogP contribution in [-0.4, -0.2) is 6.61 Å². The van der Waals surface area contributed by atoms with Gasteiger partial charge in [0.25, 0.3) is 0 Å². The fraction of sp³-hybridized carbons (Fsp3) is 0.111. The summed E-state index contributed by atoms with van der Waals surface area (Å²) < 4.78 is 23.3. The highest BCUT2D eigenvalue weighted by atomic mass is 16.5. The van der Waals surface area contributed by atoms with Crippen molar-refractivity contribution in [1.82, 2.24) is 0 Å². The van der Waals surface area contributed by atoms with Gasteiger partial charge in [-0.25, -0.2) is 9.59 Å². The molecule has 0 unspecified atom stereocenters. The van der Waals surface area contributed by atoms with Gasteiger partial charge in [0.2, 0.25) is 0 Å². The van der Waals surface area contributed by atoms with Gasteiger partial charge >= 0.3 is 11.3 Å². The van der Waals surface area contributed by atoms with Crippen LogP contribution in [0.4, 0.5) is 0 Å². The first-order chi connectivity index (χ1) is 16.2. The topological polar surface area (TPSA) is 78.9 Å². The third-order valence-corrected chi connectivity index (χ3v) is 5.88. The minimum absolute atomic E-state index is 0.262. The zero-order valence-corrected chi connectivity index (χ0v) is 17.7. The van der Waals surface area contributed by atoms with E-state index in [1.807, 2.05) is 55.5 Å². The summed E-state index contributed by atoms with van der Waals surface area (Å²) in [7, 11) is 0. The molecule has 0 fully saturated rings. The summed E-state index contributed by atoms with van der Waals surface area (Å²) in [6.45, 7) is 2.39. The molecular weight excluding hydrogens is 420 g/mol. The third kappa shape index (κ3) is 2.95. The third-order valence-electron chi connectivity index (χ3n) is 5.88. The van der Waals surface area contributed by atoms with Crippen LogP contribution in [0.25, 0.3) is 21.9 Å². The van der Waals surface area contributed by atoms with Crippen LogP contribution in [0.5, 0.6) is 17.2 Å². The van der Waals surface area contributed by atoms with Gasteiger partial charge in [-0.3, -0.25) is 0 Å². The van der Waals surface area contributed by atoms with Crippen molar-refractivity contribution >= 4 is 21.9 Å². The molecule has 3 heterocycles. The van der Waals surface area contributed by atoms with Gasteiger partial charge in [-0.2, -0.15) is 0 Å². The smallest absolute Gasteiger partial charge is 0.344 e. The van der Waals surface area contributed by atoms with E-state index < -0.39 is 17.2 Å². The van der Waals surface area contributed by atoms with Crippen LogP contribution < -0.4 is 20.7 Å². The average Bonchev–Trinajstić information content (AvgIpc) is 2.83. The van der Waals surface area contributed by atoms with Crippen LogP contribution in [0.1, 0.15) is 29.5 Å². The van der Waals surface area contributed by atoms with Crippen molar-refractivity contribution in [2.24, 2.45) is 0 Å². The summed E-state index contributed by atoms with van der Waals surface area (Å²) in [5, 5.41) is 1.31. The molecule has 1 aliphatic rings. The summed E-state index contributed by atoms with van der Waals surface area (Å²) in [5.74, 6) is 0.666. The summed E-state index contributed by atoms with van der Waals surface area (Å²) in [5.41, 5.74) is 0.937. The molecule has 33 heavy (non-hydrogen) atoms. The second kappa shape index (κ2) is 7.38. The van der Waals surface area contributed by atoms with E-state index >= 15 is 0 Å². The molecule has 1 aliphatic heterocycles. The van der Waals surface area contributed by atoms with E-state index in [-0.39, 0.29) is 11.1 Å². The SMILES string of the molecule is CCOc1cccc(C2c3c(c4ccccc4oc3=O)Oc3c2c(=O)oc2ccccc32)c1. The second-order valence-electron chi connectivity index (χ2n) is 7.80. The Morgan fingerprint density at radius 2 is 1.33 bits per heavy atom. The Balaban J connectivity index is 1.75. The lowest BCUT2D eigenvalue weighted by atomic mass is 9.83. The number of hydrogen-bond acceptors (Lipinski definition) is 6. The minimum atomic E-state index is -0.745. The van der Waals surface area contributed by atoms with Crippen molar-refractivity contribution in [2.75, 3.05) is 6.61 Å². The molecule has 0 spiro atoms. The standard InChI is InChI=1S/C27H18O6/c1-2-30-16-9-7-8-15(14-16)21-22-24(17-10-3-5-12-19(17)31-26(22)28)33-25-18-11-4-6-13-20(18)32-27(29)23(21)25/h3-14,21H,2H2,1H3. The van der Waals surface area contributed by atoms with Gasteiger partial charge in [-0.05, 0) is 48.9 Å². The number of fused-ring (bicyclic) bond motifs is 6. The number of benzene rings is 3. The summed E-state index contributed by atoms with van der Waals surface area (Å²) in [6.07, 6.45) is 0. The van der Waals surface area contributed by atoms with Crippen molar-refractivity contribution in [2.45, 2.75) is 12.8 Å². The molecule has 0 atom stereocenters. The van der Waals surface area contributed by atoms with Crippen LogP contribution in [0, 0.1) is 0 Å². The molecule has 0 bridgehead atoms. The van der Waals surface area contributed by atoms with Crippen molar-refractivity contribution < 1.29 is 18.3 Å². The molecule has 0 N–H and O–H groups in total. The van der Waals surface area contributed by atoms with Crippen LogP contribution in [0.3, 0.4) is 0 Å². The number of para-hydroxylation sites is 2. The minimum Gasteiger partial charge on any atom is -0.494 e. The van der Waals surface area contributed by atoms with Gasteiger partial charge in [0.05, 0.1) is 34.4 Å². The quantitative estimate of drug-likeness (QED) is 0.336. The van der Waals surface area contributed by atoms with E-state index in [1.165, 1.54) is 0 Å². The average molecular weight is 438 g/mol. The molecule has 0 saturated heterocycles. The molecule has 3 aromatic carbocycles. The monoisotopic (exact) mass is 438 g/mol. The largest absolute Gasteiger partial charge is 0.494 e. The Kier molecular flexibility index (Phi) is 4.33. The highest BCUT2D eigenvalue weighted by Crippen LogP contribution is 2.49. The maximum atomic E-state index is 13.2. The predicted molar refractivity (Wildman–Crippen MR) is 124 cm³/mol. The van der Waals surface area contributed by atoms with Gasteiger partial charge in [0.15, 0.2) is 0 Å². The first-order valence-corrected chi connectivity index (χ1v) is 10.7. The highest BCUT2D eigenvalue weighted by molar-refractivity contribution is 5.90. The summed E-state index contributed by atoms with van der Waals surface area (Å²) in [4.78, 5) is 26.5. The Bertz CT molecular complexity index is 1560. The van der Waals surface area contributed by atoms with Crippen molar-refractivity contribution in [3.8, 4) is 17.2 Å². The number of ether oxygens (including phenoxy) is 2. The Hall–Kier alpha value is -4.32. The number of hydrogen-bond donors (Lipinski definition) is 0. The summed E-state index contributed by atoms with van der Waals surface area (Å²) >= 11 is 0. The van der Waals surface area contributed by atoms with Gasteiger partial charge in [0.1, 0.15) is 28.4 Å². The van der Waals surface area contributed by atoms with Crippen molar-refractivity contribution in [3.05, 3.63) is 110 Å². The Morgan fingerprint density at radius 1 is 0.758 bits per heavy atom. The fourth-order valence-electron chi connectivity index (χ4n) is 4.52. The number of rotatable bonds is 3. The first-order valence-electron chi connectivity index (χ1n) is 10.7. The molecule has 5 aromatic rings. The van der Waals surface area contributed by atoms with E-state index in [0.29, 0.717) is 51.4 Å². The fourth-order valence-corrected chi connectivity index (χ4v) is 4.52. The van der Waals surface area contributed by atoms with E-state index in [2.05, 4.69) is 0 Å². The first kappa shape index (κ1) is 19.4. The lowest BCUT2D eigenvalue weighted by molar-refractivity contribution is 0.339. The van der Waals surface area contributed by atoms with Gasteiger partial charge < -0.3 is 18.3 Å². The van der Waals surface area contributed by atoms with Crippen LogP contribution in [0.2, 0.25) is 0 Å². The van der Waals surface area contributed by atoms with Crippen LogP contribution in [0.15, 0.2) is 91.2 Å². The van der Waals surface area contributed by atoms with E-state index in [0.717, 1.165) is 0 Å². The van der Waals surface area contributed by atoms with Crippen LogP contribution in [-0.2, 0) is 0 Å². The molecule has 2 aromatic heterocycles. The predicted octanol–water partition coefficient (Wildman–Crippen LogP) is 5.58. The second-order valence-corrected chi connectivity index (χ2v) is 7.80. The van der Waals surface area contributed by atoms with Crippen LogP contribution >= 0.6 is 0 Å². The highest BCUT2D eigenvalue weighted by Gasteiger charge is 2.38. The Morgan fingerprint density at radius 3 is 1.91 bits per heavy atom. The zero-order chi connectivity index (χ0) is 22.5. The van der Waals surface area contributed by atoms with E-state index in [1.54, 1.807) is 24.3 Å². The molecule has 0 radical (unpaired) electrons. The molecule has 6 rings (SSSR count). The molecule has 0 amide bonds. The molecular formula is C27H18O6. The molecule has 6 nitrogen and oxygen atoms in total. The molecule has 162 valence electrons. The van der Waals surface area contributed by atoms with Gasteiger partial charge in [0, 0.05) is 0 Å². The van der Waals surface area contributed by atoms with Crippen molar-refractivity contribution in [3.63, 3.8) is 0 Å². The molecule has 0 aliphatic carbocycles. The van der Waals surface area contributed by atoms with Gasteiger partial charge in [-0.15, -0.1) is 0 Å². The van der Waals surface area contributed by atoms with Crippen molar-refractivity contribution in [1.29, 1.82) is 0 Å². The Labute approximate surface area is 187 Å². The maximum absolute atomic E-state index is 13.2. The normalized spacial score (nSPS) is 12.9. The molecule has 0 saturated carbocycles. The lowest BCUT2D eigenvalue weighted by Gasteiger charge is -2.28. The van der Waals surface area contributed by atoms with E-state index in [4.69, 9.17) is 18.3 Å².